The topological polar surface area (TPSA) is 41.1 Å². The maximum atomic E-state index is 12.2. The van der Waals surface area contributed by atoms with E-state index in [9.17, 15) is 4.79 Å². The molecule has 0 bridgehead atoms. The standard InChI is InChI=1S/C18H21ClN2O/c1-4-16(14-8-10-15(19)11-9-14)20-18(22)21-17-7-5-6-12(2)13(17)3/h5-11,16H,4H2,1-3H3,(H2,20,21,22)/t16-/m1/s1. The second-order valence-electron chi connectivity index (χ2n) is 5.36. The van der Waals surface area contributed by atoms with Gasteiger partial charge in [-0.15, -0.1) is 0 Å². The van der Waals surface area contributed by atoms with Gasteiger partial charge in [0, 0.05) is 10.7 Å². The molecule has 0 radical (unpaired) electrons. The lowest BCUT2D eigenvalue weighted by atomic mass is 10.0. The monoisotopic (exact) mass is 316 g/mol. The van der Waals surface area contributed by atoms with E-state index < -0.39 is 0 Å². The fourth-order valence-electron chi connectivity index (χ4n) is 2.32. The molecular weight excluding hydrogens is 296 g/mol. The molecule has 0 aliphatic carbocycles. The molecule has 22 heavy (non-hydrogen) atoms. The molecule has 2 N–H and O–H groups in total. The summed E-state index contributed by atoms with van der Waals surface area (Å²) in [4.78, 5) is 12.2. The number of urea groups is 1. The van der Waals surface area contributed by atoms with Crippen molar-refractivity contribution in [2.45, 2.75) is 33.2 Å². The summed E-state index contributed by atoms with van der Waals surface area (Å²) in [5.74, 6) is 0. The molecule has 2 aromatic carbocycles. The van der Waals surface area contributed by atoms with Gasteiger partial charge in [-0.05, 0) is 55.2 Å². The summed E-state index contributed by atoms with van der Waals surface area (Å²) in [6.45, 7) is 6.07. The van der Waals surface area contributed by atoms with Crippen molar-refractivity contribution in [3.05, 3.63) is 64.2 Å². The maximum Gasteiger partial charge on any atom is 0.319 e. The average Bonchev–Trinajstić information content (AvgIpc) is 2.50. The van der Waals surface area contributed by atoms with E-state index in [0.717, 1.165) is 28.8 Å². The number of hydrogen-bond acceptors (Lipinski definition) is 1. The number of rotatable bonds is 4. The van der Waals surface area contributed by atoms with Gasteiger partial charge in [-0.3, -0.25) is 0 Å². The summed E-state index contributed by atoms with van der Waals surface area (Å²) in [6.07, 6.45) is 0.807. The molecule has 2 amide bonds. The fraction of sp³-hybridized carbons (Fsp3) is 0.278. The van der Waals surface area contributed by atoms with Crippen LogP contribution in [-0.4, -0.2) is 6.03 Å². The summed E-state index contributed by atoms with van der Waals surface area (Å²) in [5.41, 5.74) is 4.12. The van der Waals surface area contributed by atoms with Crippen molar-refractivity contribution < 1.29 is 4.79 Å². The van der Waals surface area contributed by atoms with Crippen LogP contribution >= 0.6 is 11.6 Å². The number of carbonyl (C=O) groups is 1. The summed E-state index contributed by atoms with van der Waals surface area (Å²) in [6, 6.07) is 13.2. The van der Waals surface area contributed by atoms with Gasteiger partial charge in [0.15, 0.2) is 0 Å². The Labute approximate surface area is 136 Å². The molecule has 0 spiro atoms. The Hall–Kier alpha value is -2.00. The normalized spacial score (nSPS) is 11.8. The summed E-state index contributed by atoms with van der Waals surface area (Å²) >= 11 is 5.91. The first kappa shape index (κ1) is 16.4. The van der Waals surface area contributed by atoms with Gasteiger partial charge >= 0.3 is 6.03 Å². The molecule has 0 aliphatic rings. The minimum Gasteiger partial charge on any atom is -0.331 e. The van der Waals surface area contributed by atoms with E-state index in [1.54, 1.807) is 0 Å². The predicted molar refractivity (Wildman–Crippen MR) is 92.6 cm³/mol. The molecular formula is C18H21ClN2O. The van der Waals surface area contributed by atoms with Gasteiger partial charge in [0.2, 0.25) is 0 Å². The minimum atomic E-state index is -0.199. The number of anilines is 1. The molecule has 0 saturated heterocycles. The Bertz CT molecular complexity index is 653. The number of halogens is 1. The maximum absolute atomic E-state index is 12.2. The van der Waals surface area contributed by atoms with Crippen LogP contribution in [-0.2, 0) is 0 Å². The lowest BCUT2D eigenvalue weighted by molar-refractivity contribution is 0.248. The van der Waals surface area contributed by atoms with Crippen molar-refractivity contribution in [1.82, 2.24) is 5.32 Å². The van der Waals surface area contributed by atoms with Gasteiger partial charge in [0.25, 0.3) is 0 Å². The lowest BCUT2D eigenvalue weighted by Gasteiger charge is -2.19. The Morgan fingerprint density at radius 1 is 1.14 bits per heavy atom. The second kappa shape index (κ2) is 7.32. The van der Waals surface area contributed by atoms with Crippen LogP contribution in [0.3, 0.4) is 0 Å². The number of carbonyl (C=O) groups excluding carboxylic acids is 1. The van der Waals surface area contributed by atoms with Crippen molar-refractivity contribution in [2.24, 2.45) is 0 Å². The van der Waals surface area contributed by atoms with Crippen LogP contribution in [0.15, 0.2) is 42.5 Å². The zero-order chi connectivity index (χ0) is 16.1. The summed E-state index contributed by atoms with van der Waals surface area (Å²) < 4.78 is 0. The average molecular weight is 317 g/mol. The third kappa shape index (κ3) is 4.01. The van der Waals surface area contributed by atoms with Crippen molar-refractivity contribution in [3.8, 4) is 0 Å². The van der Waals surface area contributed by atoms with E-state index in [0.29, 0.717) is 5.02 Å². The molecule has 0 heterocycles. The number of nitrogens with one attached hydrogen (secondary N) is 2. The number of hydrogen-bond donors (Lipinski definition) is 2. The van der Waals surface area contributed by atoms with Crippen molar-refractivity contribution in [3.63, 3.8) is 0 Å². The smallest absolute Gasteiger partial charge is 0.319 e. The van der Waals surface area contributed by atoms with Crippen LogP contribution in [0.25, 0.3) is 0 Å². The zero-order valence-electron chi connectivity index (χ0n) is 13.1. The Morgan fingerprint density at radius 3 is 2.45 bits per heavy atom. The van der Waals surface area contributed by atoms with Gasteiger partial charge in [-0.25, -0.2) is 4.79 Å². The predicted octanol–water partition coefficient (Wildman–Crippen LogP) is 5.23. The van der Waals surface area contributed by atoms with Crippen LogP contribution in [0.5, 0.6) is 0 Å². The quantitative estimate of drug-likeness (QED) is 0.796. The molecule has 116 valence electrons. The summed E-state index contributed by atoms with van der Waals surface area (Å²) in [7, 11) is 0. The molecule has 0 aliphatic heterocycles. The molecule has 3 nitrogen and oxygen atoms in total. The third-order valence-electron chi connectivity index (χ3n) is 3.84. The van der Waals surface area contributed by atoms with Gasteiger partial charge in [0.05, 0.1) is 6.04 Å². The van der Waals surface area contributed by atoms with Crippen molar-refractivity contribution in [1.29, 1.82) is 0 Å². The van der Waals surface area contributed by atoms with E-state index in [1.807, 2.05) is 63.2 Å². The van der Waals surface area contributed by atoms with Crippen molar-refractivity contribution in [2.75, 3.05) is 5.32 Å². The van der Waals surface area contributed by atoms with Gasteiger partial charge in [0.1, 0.15) is 0 Å². The van der Waals surface area contributed by atoms with Crippen molar-refractivity contribution >= 4 is 23.3 Å². The molecule has 1 atom stereocenters. The highest BCUT2D eigenvalue weighted by Gasteiger charge is 2.13. The molecule has 0 unspecified atom stereocenters. The highest BCUT2D eigenvalue weighted by atomic mass is 35.5. The van der Waals surface area contributed by atoms with E-state index in [2.05, 4.69) is 10.6 Å². The van der Waals surface area contributed by atoms with Crippen LogP contribution in [0.4, 0.5) is 10.5 Å². The van der Waals surface area contributed by atoms with Gasteiger partial charge in [-0.1, -0.05) is 42.8 Å². The van der Waals surface area contributed by atoms with Gasteiger partial charge in [-0.2, -0.15) is 0 Å². The molecule has 4 heteroatoms. The van der Waals surface area contributed by atoms with E-state index >= 15 is 0 Å². The SMILES string of the molecule is CC[C@@H](NC(=O)Nc1cccc(C)c1C)c1ccc(Cl)cc1. The van der Waals surface area contributed by atoms with Crippen LogP contribution in [0, 0.1) is 13.8 Å². The first-order chi connectivity index (χ1) is 10.5. The summed E-state index contributed by atoms with van der Waals surface area (Å²) in [5, 5.41) is 6.62. The van der Waals surface area contributed by atoms with E-state index in [4.69, 9.17) is 11.6 Å². The first-order valence-electron chi connectivity index (χ1n) is 7.40. The number of benzene rings is 2. The molecule has 0 aromatic heterocycles. The Kier molecular flexibility index (Phi) is 5.45. The number of amides is 2. The zero-order valence-corrected chi connectivity index (χ0v) is 13.9. The Morgan fingerprint density at radius 2 is 1.82 bits per heavy atom. The largest absolute Gasteiger partial charge is 0.331 e. The molecule has 0 saturated carbocycles. The first-order valence-corrected chi connectivity index (χ1v) is 7.78. The second-order valence-corrected chi connectivity index (χ2v) is 5.79. The highest BCUT2D eigenvalue weighted by molar-refractivity contribution is 6.30. The fourth-order valence-corrected chi connectivity index (χ4v) is 2.45. The van der Waals surface area contributed by atoms with Crippen LogP contribution in [0.1, 0.15) is 36.1 Å². The van der Waals surface area contributed by atoms with Crippen LogP contribution < -0.4 is 10.6 Å². The molecule has 2 aromatic rings. The van der Waals surface area contributed by atoms with Crippen LogP contribution in [0.2, 0.25) is 5.02 Å². The van der Waals surface area contributed by atoms with E-state index in [1.165, 1.54) is 0 Å². The minimum absolute atomic E-state index is 0.0395. The van der Waals surface area contributed by atoms with E-state index in [-0.39, 0.29) is 12.1 Å². The molecule has 2 rings (SSSR count). The van der Waals surface area contributed by atoms with Gasteiger partial charge < -0.3 is 10.6 Å². The lowest BCUT2D eigenvalue weighted by Crippen LogP contribution is -2.32. The highest BCUT2D eigenvalue weighted by Crippen LogP contribution is 2.21. The number of aryl methyl sites for hydroxylation is 1. The Balaban J connectivity index is 2.06. The molecule has 0 fully saturated rings. The third-order valence-corrected chi connectivity index (χ3v) is 4.09.